The first-order valence-electron chi connectivity index (χ1n) is 5.15. The molecule has 1 aliphatic heterocycles. The molecule has 1 aromatic heterocycles. The molecule has 2 heterocycles. The maximum atomic E-state index is 11.6. The highest BCUT2D eigenvalue weighted by molar-refractivity contribution is 5.68. The Labute approximate surface area is 91.2 Å². The van der Waals surface area contributed by atoms with Crippen molar-refractivity contribution in [2.75, 3.05) is 13.1 Å². The van der Waals surface area contributed by atoms with E-state index >= 15 is 0 Å². The van der Waals surface area contributed by atoms with Crippen molar-refractivity contribution in [2.45, 2.75) is 19.3 Å². The van der Waals surface area contributed by atoms with E-state index in [9.17, 15) is 14.7 Å². The largest absolute Gasteiger partial charge is 0.491 e. The number of aromatic nitrogens is 2. The molecule has 0 spiro atoms. The molecule has 0 radical (unpaired) electrons. The molecule has 1 aromatic rings. The number of rotatable bonds is 1. The third kappa shape index (κ3) is 2.02. The van der Waals surface area contributed by atoms with Gasteiger partial charge in [0.2, 0.25) is 5.88 Å². The number of imidazole rings is 1. The van der Waals surface area contributed by atoms with E-state index in [0.29, 0.717) is 17.8 Å². The van der Waals surface area contributed by atoms with Gasteiger partial charge in [0, 0.05) is 13.1 Å². The number of H-pyrrole nitrogens is 1. The van der Waals surface area contributed by atoms with Gasteiger partial charge in [-0.2, -0.15) is 0 Å². The summed E-state index contributed by atoms with van der Waals surface area (Å²) < 4.78 is 0.539. The van der Waals surface area contributed by atoms with Gasteiger partial charge in [0.1, 0.15) is 0 Å². The number of carbonyl (C=O) groups excluding carboxylic acids is 1. The van der Waals surface area contributed by atoms with E-state index in [1.54, 1.807) is 0 Å². The van der Waals surface area contributed by atoms with Crippen LogP contribution in [0.3, 0.4) is 0 Å². The van der Waals surface area contributed by atoms with Crippen molar-refractivity contribution in [2.24, 2.45) is 0 Å². The van der Waals surface area contributed by atoms with Crippen LogP contribution in [0.25, 0.3) is 0 Å². The van der Waals surface area contributed by atoms with Crippen molar-refractivity contribution in [1.82, 2.24) is 14.6 Å². The number of aromatic hydroxyl groups is 1. The minimum Gasteiger partial charge on any atom is -0.491 e. The Balaban J connectivity index is 2.04. The van der Waals surface area contributed by atoms with Crippen LogP contribution >= 0.6 is 0 Å². The van der Waals surface area contributed by atoms with Gasteiger partial charge in [-0.1, -0.05) is 4.73 Å². The zero-order valence-electron chi connectivity index (χ0n) is 8.68. The summed E-state index contributed by atoms with van der Waals surface area (Å²) in [7, 11) is 0. The van der Waals surface area contributed by atoms with Crippen LogP contribution in [-0.4, -0.2) is 38.9 Å². The van der Waals surface area contributed by atoms with Crippen molar-refractivity contribution in [3.8, 4) is 5.88 Å². The van der Waals surface area contributed by atoms with Gasteiger partial charge in [-0.25, -0.2) is 9.59 Å². The molecule has 0 bridgehead atoms. The first kappa shape index (κ1) is 10.6. The lowest BCUT2D eigenvalue weighted by atomic mass is 10.1. The van der Waals surface area contributed by atoms with E-state index in [-0.39, 0.29) is 0 Å². The summed E-state index contributed by atoms with van der Waals surface area (Å²) >= 11 is 0. The van der Waals surface area contributed by atoms with E-state index in [4.69, 9.17) is 4.84 Å². The molecule has 1 amide bonds. The van der Waals surface area contributed by atoms with Crippen molar-refractivity contribution in [3.63, 3.8) is 0 Å². The zero-order chi connectivity index (χ0) is 11.5. The van der Waals surface area contributed by atoms with Crippen molar-refractivity contribution in [3.05, 3.63) is 16.7 Å². The van der Waals surface area contributed by atoms with Gasteiger partial charge < -0.3 is 19.8 Å². The number of amides is 1. The fraction of sp³-hybridized carbons (Fsp3) is 0.556. The molecule has 0 saturated carbocycles. The molecule has 2 rings (SSSR count). The number of nitrogens with one attached hydrogen (secondary N) is 1. The Morgan fingerprint density at radius 2 is 2.06 bits per heavy atom. The van der Waals surface area contributed by atoms with Crippen LogP contribution < -0.4 is 10.5 Å². The highest BCUT2D eigenvalue weighted by Crippen LogP contribution is 2.09. The third-order valence-electron chi connectivity index (χ3n) is 2.50. The minimum atomic E-state index is -0.678. The summed E-state index contributed by atoms with van der Waals surface area (Å²) in [5, 5.41) is 9.21. The lowest BCUT2D eigenvalue weighted by Gasteiger charge is -2.25. The van der Waals surface area contributed by atoms with Gasteiger partial charge in [0.25, 0.3) is 0 Å². The van der Waals surface area contributed by atoms with Crippen LogP contribution in [0.4, 0.5) is 4.79 Å². The minimum absolute atomic E-state index is 0.421. The van der Waals surface area contributed by atoms with Gasteiger partial charge in [0.15, 0.2) is 0 Å². The molecule has 2 N–H and O–H groups in total. The van der Waals surface area contributed by atoms with Crippen LogP contribution in [0.2, 0.25) is 0 Å². The molecule has 0 aliphatic carbocycles. The smallest absolute Gasteiger partial charge is 0.434 e. The number of aromatic amines is 1. The molecule has 16 heavy (non-hydrogen) atoms. The Morgan fingerprint density at radius 1 is 1.38 bits per heavy atom. The standard InChI is InChI=1S/C9H13N3O4/c13-7-6-10-8(14)12(7)16-9(15)11-4-2-1-3-5-11/h6,13H,1-5H2,(H,10,14). The third-order valence-corrected chi connectivity index (χ3v) is 2.50. The number of nitrogens with zero attached hydrogens (tertiary/aromatic N) is 2. The van der Waals surface area contributed by atoms with Gasteiger partial charge in [-0.15, -0.1) is 0 Å². The lowest BCUT2D eigenvalue weighted by molar-refractivity contribution is 0.0743. The van der Waals surface area contributed by atoms with Crippen LogP contribution in [0, 0.1) is 0 Å². The van der Waals surface area contributed by atoms with Gasteiger partial charge >= 0.3 is 11.8 Å². The number of likely N-dealkylation sites (tertiary alicyclic amines) is 1. The summed E-state index contributed by atoms with van der Waals surface area (Å²) in [6.07, 6.45) is 3.41. The second kappa shape index (κ2) is 4.30. The van der Waals surface area contributed by atoms with E-state index < -0.39 is 17.7 Å². The summed E-state index contributed by atoms with van der Waals surface area (Å²) in [5.41, 5.74) is -0.678. The predicted octanol–water partition coefficient (Wildman–Crippen LogP) is -0.0835. The summed E-state index contributed by atoms with van der Waals surface area (Å²) in [6, 6.07) is 0. The average molecular weight is 227 g/mol. The van der Waals surface area contributed by atoms with Crippen LogP contribution in [0.15, 0.2) is 11.0 Å². The number of carbonyl (C=O) groups is 1. The normalized spacial score (nSPS) is 16.1. The fourth-order valence-corrected chi connectivity index (χ4v) is 1.65. The second-order valence-corrected chi connectivity index (χ2v) is 3.65. The first-order valence-corrected chi connectivity index (χ1v) is 5.15. The van der Waals surface area contributed by atoms with E-state index in [2.05, 4.69) is 4.98 Å². The maximum absolute atomic E-state index is 11.6. The molecule has 1 saturated heterocycles. The summed E-state index contributed by atoms with van der Waals surface area (Å²) in [6.45, 7) is 1.25. The average Bonchev–Trinajstić information content (AvgIpc) is 2.62. The van der Waals surface area contributed by atoms with Crippen molar-refractivity contribution < 1.29 is 14.7 Å². The first-order chi connectivity index (χ1) is 7.68. The highest BCUT2D eigenvalue weighted by Gasteiger charge is 2.20. The van der Waals surface area contributed by atoms with E-state index in [1.807, 2.05) is 0 Å². The Morgan fingerprint density at radius 3 is 2.62 bits per heavy atom. The Hall–Kier alpha value is -1.92. The van der Waals surface area contributed by atoms with E-state index in [1.165, 1.54) is 4.90 Å². The van der Waals surface area contributed by atoms with Crippen LogP contribution in [-0.2, 0) is 0 Å². The van der Waals surface area contributed by atoms with Crippen LogP contribution in [0.1, 0.15) is 19.3 Å². The molecule has 0 atom stereocenters. The molecular formula is C9H13N3O4. The Kier molecular flexibility index (Phi) is 2.84. The molecule has 0 aromatic carbocycles. The van der Waals surface area contributed by atoms with Crippen molar-refractivity contribution >= 4 is 6.09 Å². The SMILES string of the molecule is O=C(On1c(O)c[nH]c1=O)N1CCCCC1. The van der Waals surface area contributed by atoms with Gasteiger partial charge in [-0.05, 0) is 19.3 Å². The second-order valence-electron chi connectivity index (χ2n) is 3.65. The summed E-state index contributed by atoms with van der Waals surface area (Å²) in [5.74, 6) is -0.421. The summed E-state index contributed by atoms with van der Waals surface area (Å²) in [4.78, 5) is 31.2. The molecule has 7 heteroatoms. The lowest BCUT2D eigenvalue weighted by Crippen LogP contribution is -2.42. The highest BCUT2D eigenvalue weighted by atomic mass is 16.7. The monoisotopic (exact) mass is 227 g/mol. The molecule has 88 valence electrons. The van der Waals surface area contributed by atoms with Gasteiger partial charge in [0.05, 0.1) is 6.20 Å². The predicted molar refractivity (Wildman–Crippen MR) is 54.1 cm³/mol. The van der Waals surface area contributed by atoms with Gasteiger partial charge in [-0.3, -0.25) is 0 Å². The number of piperidine rings is 1. The molecule has 0 unspecified atom stereocenters. The molecule has 7 nitrogen and oxygen atoms in total. The number of hydrogen-bond donors (Lipinski definition) is 2. The Bertz CT molecular complexity index is 430. The van der Waals surface area contributed by atoms with E-state index in [0.717, 1.165) is 25.5 Å². The topological polar surface area (TPSA) is 87.6 Å². The molecule has 1 aliphatic rings. The zero-order valence-corrected chi connectivity index (χ0v) is 8.68. The molecule has 1 fully saturated rings. The van der Waals surface area contributed by atoms with Crippen molar-refractivity contribution in [1.29, 1.82) is 0 Å². The quantitative estimate of drug-likeness (QED) is 0.702. The van der Waals surface area contributed by atoms with Crippen LogP contribution in [0.5, 0.6) is 5.88 Å². The fourth-order valence-electron chi connectivity index (χ4n) is 1.65. The maximum Gasteiger partial charge on any atom is 0.434 e. The number of hydrogen-bond acceptors (Lipinski definition) is 4. The molecular weight excluding hydrogens is 214 g/mol.